The maximum atomic E-state index is 8.86. The number of hydrogen-bond acceptors (Lipinski definition) is 5. The van der Waals surface area contributed by atoms with Crippen LogP contribution in [0.4, 0.5) is 0 Å². The molecule has 0 aromatic heterocycles. The lowest BCUT2D eigenvalue weighted by molar-refractivity contribution is 0.0720. The average Bonchev–Trinajstić information content (AvgIpc) is 2.50. The normalized spacial score (nSPS) is 13.3. The van der Waals surface area contributed by atoms with Crippen molar-refractivity contribution < 1.29 is 14.7 Å². The Labute approximate surface area is 119 Å². The summed E-state index contributed by atoms with van der Waals surface area (Å²) in [5.41, 5.74) is 6.75. The molecule has 0 spiro atoms. The molecule has 1 rings (SSSR count). The van der Waals surface area contributed by atoms with Crippen molar-refractivity contribution in [2.45, 2.75) is 5.92 Å². The van der Waals surface area contributed by atoms with Gasteiger partial charge in [-0.05, 0) is 5.56 Å². The largest absolute Gasteiger partial charge is 0.409 e. The third kappa shape index (κ3) is 6.01. The van der Waals surface area contributed by atoms with Crippen LogP contribution in [0.5, 0.6) is 0 Å². The molecule has 0 heterocycles. The highest BCUT2D eigenvalue weighted by Crippen LogP contribution is 2.14. The predicted octanol–water partition coefficient (Wildman–Crippen LogP) is 0.769. The molecule has 1 atom stereocenters. The van der Waals surface area contributed by atoms with Crippen molar-refractivity contribution >= 4 is 5.84 Å². The number of rotatable bonds is 10. The zero-order chi connectivity index (χ0) is 14.6. The van der Waals surface area contributed by atoms with Crippen LogP contribution in [-0.2, 0) is 9.47 Å². The minimum absolute atomic E-state index is 0.153. The van der Waals surface area contributed by atoms with E-state index in [1.165, 1.54) is 0 Å². The van der Waals surface area contributed by atoms with Crippen LogP contribution in [0.15, 0.2) is 35.5 Å². The van der Waals surface area contributed by atoms with Crippen molar-refractivity contribution in [3.63, 3.8) is 0 Å². The first-order valence-electron chi connectivity index (χ1n) is 6.59. The van der Waals surface area contributed by atoms with Crippen LogP contribution in [0.3, 0.4) is 0 Å². The van der Waals surface area contributed by atoms with Crippen LogP contribution in [0.1, 0.15) is 11.5 Å². The second-order valence-electron chi connectivity index (χ2n) is 4.30. The van der Waals surface area contributed by atoms with Crippen LogP contribution in [0, 0.1) is 0 Å². The van der Waals surface area contributed by atoms with Crippen molar-refractivity contribution in [1.29, 1.82) is 0 Å². The fourth-order valence-electron chi connectivity index (χ4n) is 1.78. The number of benzene rings is 1. The van der Waals surface area contributed by atoms with Crippen LogP contribution < -0.4 is 11.1 Å². The van der Waals surface area contributed by atoms with E-state index in [0.717, 1.165) is 5.56 Å². The first-order valence-corrected chi connectivity index (χ1v) is 6.59. The van der Waals surface area contributed by atoms with Gasteiger partial charge < -0.3 is 25.7 Å². The molecule has 1 aromatic carbocycles. The molecule has 6 heteroatoms. The summed E-state index contributed by atoms with van der Waals surface area (Å²) < 4.78 is 10.2. The first kappa shape index (κ1) is 16.4. The molecule has 1 aromatic rings. The molecule has 112 valence electrons. The number of ether oxygens (including phenoxy) is 2. The molecule has 6 nitrogen and oxygen atoms in total. The third-order valence-corrected chi connectivity index (χ3v) is 2.88. The Morgan fingerprint density at radius 3 is 2.70 bits per heavy atom. The number of nitrogens with two attached hydrogens (primary N) is 1. The highest BCUT2D eigenvalue weighted by molar-refractivity contribution is 5.87. The molecule has 0 bridgehead atoms. The summed E-state index contributed by atoms with van der Waals surface area (Å²) in [5, 5.41) is 15.2. The number of nitrogens with zero attached hydrogens (tertiary/aromatic N) is 1. The maximum Gasteiger partial charge on any atom is 0.147 e. The fraction of sp³-hybridized carbons (Fsp3) is 0.500. The van der Waals surface area contributed by atoms with Gasteiger partial charge in [0.1, 0.15) is 5.84 Å². The summed E-state index contributed by atoms with van der Waals surface area (Å²) in [6.45, 7) is 3.07. The van der Waals surface area contributed by atoms with E-state index < -0.39 is 0 Å². The predicted molar refractivity (Wildman–Crippen MR) is 78.2 cm³/mol. The minimum Gasteiger partial charge on any atom is -0.409 e. The number of methoxy groups -OCH3 is 1. The second kappa shape index (κ2) is 10.2. The Morgan fingerprint density at radius 2 is 2.05 bits per heavy atom. The van der Waals surface area contributed by atoms with Crippen molar-refractivity contribution in [2.24, 2.45) is 10.9 Å². The van der Waals surface area contributed by atoms with Crippen LogP contribution >= 0.6 is 0 Å². The van der Waals surface area contributed by atoms with E-state index in [1.54, 1.807) is 7.11 Å². The van der Waals surface area contributed by atoms with E-state index in [2.05, 4.69) is 10.5 Å². The molecule has 0 saturated heterocycles. The molecule has 0 aliphatic carbocycles. The standard InChI is InChI=1S/C14H23N3O3/c1-19-9-10-20-8-7-16-11-13(14(15)17-18)12-5-3-2-4-6-12/h2-6,13,16,18H,7-11H2,1H3,(H2,15,17). The Balaban J connectivity index is 2.36. The molecule has 1 unspecified atom stereocenters. The molecule has 0 fully saturated rings. The lowest BCUT2D eigenvalue weighted by atomic mass is 9.98. The highest BCUT2D eigenvalue weighted by Gasteiger charge is 2.15. The van der Waals surface area contributed by atoms with Crippen molar-refractivity contribution in [1.82, 2.24) is 5.32 Å². The lowest BCUT2D eigenvalue weighted by Gasteiger charge is -2.16. The average molecular weight is 281 g/mol. The minimum atomic E-state index is -0.153. The van der Waals surface area contributed by atoms with E-state index in [1.807, 2.05) is 30.3 Å². The number of oxime groups is 1. The molecule has 0 radical (unpaired) electrons. The number of nitrogens with one attached hydrogen (secondary N) is 1. The topological polar surface area (TPSA) is 89.1 Å². The van der Waals surface area contributed by atoms with Gasteiger partial charge in [-0.3, -0.25) is 0 Å². The SMILES string of the molecule is COCCOCCNCC(C(N)=NO)c1ccccc1. The number of hydrogen-bond donors (Lipinski definition) is 3. The summed E-state index contributed by atoms with van der Waals surface area (Å²) in [6, 6.07) is 9.71. The fourth-order valence-corrected chi connectivity index (χ4v) is 1.78. The zero-order valence-electron chi connectivity index (χ0n) is 11.8. The summed E-state index contributed by atoms with van der Waals surface area (Å²) in [7, 11) is 1.64. The molecule has 0 aliphatic rings. The Kier molecular flexibility index (Phi) is 8.37. The summed E-state index contributed by atoms with van der Waals surface area (Å²) in [6.07, 6.45) is 0. The summed E-state index contributed by atoms with van der Waals surface area (Å²) in [5.74, 6) is 0.0455. The highest BCUT2D eigenvalue weighted by atomic mass is 16.5. The van der Waals surface area contributed by atoms with Crippen molar-refractivity contribution in [3.05, 3.63) is 35.9 Å². The van der Waals surface area contributed by atoms with Gasteiger partial charge in [0.2, 0.25) is 0 Å². The third-order valence-electron chi connectivity index (χ3n) is 2.88. The maximum absolute atomic E-state index is 8.86. The van der Waals surface area contributed by atoms with Gasteiger partial charge in [-0.1, -0.05) is 35.5 Å². The van der Waals surface area contributed by atoms with Gasteiger partial charge in [-0.15, -0.1) is 0 Å². The van der Waals surface area contributed by atoms with Gasteiger partial charge in [0, 0.05) is 20.2 Å². The number of amidine groups is 1. The lowest BCUT2D eigenvalue weighted by Crippen LogP contribution is -2.33. The van der Waals surface area contributed by atoms with Crippen molar-refractivity contribution in [2.75, 3.05) is 40.0 Å². The Bertz CT molecular complexity index is 385. The Hall–Kier alpha value is -1.63. The van der Waals surface area contributed by atoms with Gasteiger partial charge in [-0.2, -0.15) is 0 Å². The second-order valence-corrected chi connectivity index (χ2v) is 4.30. The molecule has 0 saturated carbocycles. The zero-order valence-corrected chi connectivity index (χ0v) is 11.8. The van der Waals surface area contributed by atoms with E-state index in [0.29, 0.717) is 32.9 Å². The first-order chi connectivity index (χ1) is 9.79. The summed E-state index contributed by atoms with van der Waals surface area (Å²) in [4.78, 5) is 0. The smallest absolute Gasteiger partial charge is 0.147 e. The van der Waals surface area contributed by atoms with Gasteiger partial charge >= 0.3 is 0 Å². The monoisotopic (exact) mass is 281 g/mol. The van der Waals surface area contributed by atoms with Gasteiger partial charge in [0.25, 0.3) is 0 Å². The van der Waals surface area contributed by atoms with E-state index in [9.17, 15) is 0 Å². The molecule has 4 N–H and O–H groups in total. The van der Waals surface area contributed by atoms with Crippen LogP contribution in [-0.4, -0.2) is 51.1 Å². The van der Waals surface area contributed by atoms with Gasteiger partial charge in [0.15, 0.2) is 0 Å². The molecule has 0 aliphatic heterocycles. The quantitative estimate of drug-likeness (QED) is 0.194. The molecular formula is C14H23N3O3. The van der Waals surface area contributed by atoms with Crippen molar-refractivity contribution in [3.8, 4) is 0 Å². The molecule has 20 heavy (non-hydrogen) atoms. The van der Waals surface area contributed by atoms with Gasteiger partial charge in [-0.25, -0.2) is 0 Å². The van der Waals surface area contributed by atoms with Crippen LogP contribution in [0.2, 0.25) is 0 Å². The summed E-state index contributed by atoms with van der Waals surface area (Å²) >= 11 is 0. The van der Waals surface area contributed by atoms with E-state index in [-0.39, 0.29) is 11.8 Å². The molecular weight excluding hydrogens is 258 g/mol. The van der Waals surface area contributed by atoms with Gasteiger partial charge in [0.05, 0.1) is 25.7 Å². The Morgan fingerprint density at radius 1 is 1.30 bits per heavy atom. The van der Waals surface area contributed by atoms with E-state index >= 15 is 0 Å². The van der Waals surface area contributed by atoms with E-state index in [4.69, 9.17) is 20.4 Å². The van der Waals surface area contributed by atoms with Crippen LogP contribution in [0.25, 0.3) is 0 Å². The molecule has 0 amide bonds.